The summed E-state index contributed by atoms with van der Waals surface area (Å²) < 4.78 is 6.27. The van der Waals surface area contributed by atoms with Crippen LogP contribution in [-0.4, -0.2) is 35.0 Å². The first kappa shape index (κ1) is 23.7. The van der Waals surface area contributed by atoms with Crippen LogP contribution in [0.1, 0.15) is 105 Å². The minimum atomic E-state index is -1.25. The zero-order chi connectivity index (χ0) is 23.6. The molecular weight excluding hydrogens is 412 g/mol. The Bertz CT molecular complexity index is 846. The molecule has 4 nitrogen and oxygen atoms in total. The molecule has 1 N–H and O–H groups in total. The Labute approximate surface area is 199 Å². The Morgan fingerprint density at radius 1 is 1.12 bits per heavy atom. The van der Waals surface area contributed by atoms with E-state index in [1.54, 1.807) is 0 Å². The van der Waals surface area contributed by atoms with E-state index in [2.05, 4.69) is 13.0 Å². The molecule has 7 atom stereocenters. The maximum atomic E-state index is 13.3. The van der Waals surface area contributed by atoms with Crippen LogP contribution in [0.5, 0.6) is 0 Å². The topological polar surface area (TPSA) is 63.6 Å². The number of hydrogen-bond acceptors (Lipinski definition) is 4. The largest absolute Gasteiger partial charge is 0.382 e. The van der Waals surface area contributed by atoms with Gasteiger partial charge in [-0.05, 0) is 87.4 Å². The van der Waals surface area contributed by atoms with Crippen molar-refractivity contribution in [2.75, 3.05) is 6.61 Å². The van der Waals surface area contributed by atoms with Crippen LogP contribution in [0.15, 0.2) is 11.6 Å². The molecule has 0 spiro atoms. The van der Waals surface area contributed by atoms with E-state index in [9.17, 15) is 14.7 Å². The first-order valence-electron chi connectivity index (χ1n) is 13.6. The van der Waals surface area contributed by atoms with Gasteiger partial charge in [0.15, 0.2) is 5.78 Å². The van der Waals surface area contributed by atoms with Gasteiger partial charge in [0.25, 0.3) is 0 Å². The Kier molecular flexibility index (Phi) is 5.76. The van der Waals surface area contributed by atoms with E-state index in [4.69, 9.17) is 4.74 Å². The van der Waals surface area contributed by atoms with Gasteiger partial charge in [-0.25, -0.2) is 0 Å². The highest BCUT2D eigenvalue weighted by atomic mass is 16.5. The van der Waals surface area contributed by atoms with Gasteiger partial charge < -0.3 is 9.84 Å². The van der Waals surface area contributed by atoms with Crippen LogP contribution < -0.4 is 0 Å². The lowest BCUT2D eigenvalue weighted by Gasteiger charge is -2.60. The molecule has 4 fully saturated rings. The van der Waals surface area contributed by atoms with E-state index in [1.807, 2.05) is 20.8 Å². The van der Waals surface area contributed by atoms with E-state index in [-0.39, 0.29) is 22.7 Å². The molecule has 0 radical (unpaired) electrons. The highest BCUT2D eigenvalue weighted by molar-refractivity contribution is 5.92. The highest BCUT2D eigenvalue weighted by Gasteiger charge is 2.62. The first-order chi connectivity index (χ1) is 15.5. The molecule has 0 amide bonds. The van der Waals surface area contributed by atoms with Gasteiger partial charge in [0.05, 0.1) is 6.10 Å². The second-order valence-corrected chi connectivity index (χ2v) is 13.4. The average molecular weight is 457 g/mol. The van der Waals surface area contributed by atoms with Crippen LogP contribution in [0.3, 0.4) is 0 Å². The molecule has 5 rings (SSSR count). The van der Waals surface area contributed by atoms with E-state index in [1.165, 1.54) is 12.0 Å². The van der Waals surface area contributed by atoms with Crippen LogP contribution >= 0.6 is 0 Å². The lowest BCUT2D eigenvalue weighted by atomic mass is 9.45. The van der Waals surface area contributed by atoms with E-state index >= 15 is 0 Å². The van der Waals surface area contributed by atoms with Crippen molar-refractivity contribution in [3.63, 3.8) is 0 Å². The number of carbonyl (C=O) groups is 2. The van der Waals surface area contributed by atoms with Gasteiger partial charge in [-0.3, -0.25) is 9.59 Å². The summed E-state index contributed by atoms with van der Waals surface area (Å²) >= 11 is 0. The molecule has 2 unspecified atom stereocenters. The third-order valence-corrected chi connectivity index (χ3v) is 10.6. The number of carbonyl (C=O) groups excluding carboxylic acids is 2. The van der Waals surface area contributed by atoms with Gasteiger partial charge in [-0.15, -0.1) is 0 Å². The molecule has 0 aromatic heterocycles. The summed E-state index contributed by atoms with van der Waals surface area (Å²) in [5.74, 6) is 2.05. The zero-order valence-electron chi connectivity index (χ0n) is 21.3. The maximum absolute atomic E-state index is 13.3. The SMILES string of the molecule is CC(C)(C)C(=O)C1(O)CC[C@@]2(CC3CCCCO3)C(=CC[C@@H]3[C@H]2CC[C@]2(C)C(=O)CC[C@@H]32)C1. The predicted molar refractivity (Wildman–Crippen MR) is 129 cm³/mol. The van der Waals surface area contributed by atoms with Crippen molar-refractivity contribution in [1.82, 2.24) is 0 Å². The predicted octanol–water partition coefficient (Wildman–Crippen LogP) is 5.80. The fraction of sp³-hybridized carbons (Fsp3) is 0.862. The normalized spacial score (nSPS) is 45.6. The molecule has 3 saturated carbocycles. The van der Waals surface area contributed by atoms with Crippen LogP contribution in [0, 0.1) is 34.0 Å². The lowest BCUT2D eigenvalue weighted by molar-refractivity contribution is -0.154. The lowest BCUT2D eigenvalue weighted by Crippen LogP contribution is -2.57. The molecule has 4 heteroatoms. The Morgan fingerprint density at radius 3 is 2.61 bits per heavy atom. The van der Waals surface area contributed by atoms with Crippen molar-refractivity contribution < 1.29 is 19.4 Å². The van der Waals surface area contributed by atoms with Crippen molar-refractivity contribution in [2.24, 2.45) is 34.0 Å². The number of rotatable bonds is 3. The average Bonchev–Trinajstić information content (AvgIpc) is 3.08. The van der Waals surface area contributed by atoms with E-state index in [0.717, 1.165) is 64.4 Å². The van der Waals surface area contributed by atoms with Gasteiger partial charge in [0.1, 0.15) is 11.4 Å². The molecule has 0 aromatic rings. The Morgan fingerprint density at radius 2 is 1.91 bits per heavy atom. The van der Waals surface area contributed by atoms with Crippen LogP contribution in [-0.2, 0) is 14.3 Å². The summed E-state index contributed by atoms with van der Waals surface area (Å²) in [6, 6.07) is 0. The van der Waals surface area contributed by atoms with Crippen molar-refractivity contribution in [3.05, 3.63) is 11.6 Å². The number of Topliss-reactive ketones (excluding diaryl/α,β-unsaturated/α-hetero) is 2. The summed E-state index contributed by atoms with van der Waals surface area (Å²) in [6.45, 7) is 8.87. The van der Waals surface area contributed by atoms with Crippen molar-refractivity contribution in [1.29, 1.82) is 0 Å². The molecular formula is C29H44O4. The third kappa shape index (κ3) is 3.69. The fourth-order valence-corrected chi connectivity index (χ4v) is 8.87. The first-order valence-corrected chi connectivity index (χ1v) is 13.6. The van der Waals surface area contributed by atoms with Gasteiger partial charge in [0.2, 0.25) is 0 Å². The third-order valence-electron chi connectivity index (χ3n) is 10.6. The second kappa shape index (κ2) is 8.01. The summed E-state index contributed by atoms with van der Waals surface area (Å²) in [4.78, 5) is 26.1. The number of ketones is 2. The van der Waals surface area contributed by atoms with Crippen LogP contribution in [0.25, 0.3) is 0 Å². The summed E-state index contributed by atoms with van der Waals surface area (Å²) in [7, 11) is 0. The molecule has 5 aliphatic rings. The molecule has 0 bridgehead atoms. The van der Waals surface area contributed by atoms with Gasteiger partial charge >= 0.3 is 0 Å². The summed E-state index contributed by atoms with van der Waals surface area (Å²) in [6.07, 6.45) is 14.0. The second-order valence-electron chi connectivity index (χ2n) is 13.4. The number of allylic oxidation sites excluding steroid dienone is 1. The monoisotopic (exact) mass is 456 g/mol. The fourth-order valence-electron chi connectivity index (χ4n) is 8.87. The minimum absolute atomic E-state index is 0.0156. The van der Waals surface area contributed by atoms with E-state index in [0.29, 0.717) is 36.4 Å². The molecule has 1 aliphatic heterocycles. The number of ether oxygens (including phenoxy) is 1. The Hall–Kier alpha value is -1.00. The summed E-state index contributed by atoms with van der Waals surface area (Å²) in [5, 5.41) is 11.6. The van der Waals surface area contributed by atoms with Crippen LogP contribution in [0.2, 0.25) is 0 Å². The van der Waals surface area contributed by atoms with Gasteiger partial charge in [-0.1, -0.05) is 39.3 Å². The van der Waals surface area contributed by atoms with Crippen molar-refractivity contribution in [2.45, 2.75) is 116 Å². The van der Waals surface area contributed by atoms with Crippen molar-refractivity contribution >= 4 is 11.6 Å². The Balaban J connectivity index is 1.50. The molecule has 4 aliphatic carbocycles. The molecule has 0 aromatic carbocycles. The summed E-state index contributed by atoms with van der Waals surface area (Å²) in [5.41, 5.74) is -0.581. The molecule has 33 heavy (non-hydrogen) atoms. The number of hydrogen-bond donors (Lipinski definition) is 1. The number of aliphatic hydroxyl groups is 1. The molecule has 184 valence electrons. The quantitative estimate of drug-likeness (QED) is 0.545. The zero-order valence-corrected chi connectivity index (χ0v) is 21.3. The standard InChI is InChI=1S/C29H44O4/c1-26(2,3)25(31)29(32)15-14-28(18-20-7-5-6-16-33-20)19(17-29)8-9-21-22-10-11-24(30)27(22,4)13-12-23(21)28/h8,20-23,32H,5-7,9-18H2,1-4H3/t20?,21-,22-,23+,27-,28+,29?/m0/s1. The van der Waals surface area contributed by atoms with Crippen molar-refractivity contribution in [3.8, 4) is 0 Å². The minimum Gasteiger partial charge on any atom is -0.382 e. The highest BCUT2D eigenvalue weighted by Crippen LogP contribution is 2.66. The van der Waals surface area contributed by atoms with Gasteiger partial charge in [0, 0.05) is 30.3 Å². The van der Waals surface area contributed by atoms with Gasteiger partial charge in [-0.2, -0.15) is 0 Å². The molecule has 1 heterocycles. The van der Waals surface area contributed by atoms with Crippen LogP contribution in [0.4, 0.5) is 0 Å². The number of fused-ring (bicyclic) bond motifs is 5. The maximum Gasteiger partial charge on any atom is 0.169 e. The molecule has 1 saturated heterocycles. The van der Waals surface area contributed by atoms with E-state index < -0.39 is 11.0 Å². The smallest absolute Gasteiger partial charge is 0.169 e.